The van der Waals surface area contributed by atoms with Crippen molar-refractivity contribution in [1.29, 1.82) is 0 Å². The molecular weight excluding hydrogens is 293 g/mol. The van der Waals surface area contributed by atoms with Crippen LogP contribution < -0.4 is 4.72 Å². The van der Waals surface area contributed by atoms with Gasteiger partial charge in [0.1, 0.15) is 5.82 Å². The zero-order valence-corrected chi connectivity index (χ0v) is 12.4. The Bertz CT molecular complexity index is 811. The second-order valence-corrected chi connectivity index (χ2v) is 6.81. The number of aromatic amines is 1. The van der Waals surface area contributed by atoms with Crippen LogP contribution in [0, 0.1) is 5.82 Å². The van der Waals surface area contributed by atoms with Crippen LogP contribution in [0.15, 0.2) is 30.5 Å². The van der Waals surface area contributed by atoms with E-state index in [0.717, 1.165) is 22.0 Å². The predicted molar refractivity (Wildman–Crippen MR) is 80.4 cm³/mol. The molecule has 0 saturated carbocycles. The van der Waals surface area contributed by atoms with E-state index in [1.165, 1.54) is 23.5 Å². The van der Waals surface area contributed by atoms with Gasteiger partial charge in [0, 0.05) is 42.8 Å². The molecule has 0 spiro atoms. The maximum Gasteiger partial charge on any atom is 0.279 e. The van der Waals surface area contributed by atoms with Crippen LogP contribution in [0.4, 0.5) is 4.39 Å². The standard InChI is InChI=1S/C14H16FN3O2S/c1-16-21(19,20)18-6-4-10(5-7-18)13-9-17-14-8-11(15)2-3-12(13)14/h2-4,8-9,16-17H,5-7H2,1H3. The highest BCUT2D eigenvalue weighted by atomic mass is 32.2. The molecule has 1 aliphatic rings. The Balaban J connectivity index is 1.91. The van der Waals surface area contributed by atoms with E-state index in [1.54, 1.807) is 6.07 Å². The lowest BCUT2D eigenvalue weighted by molar-refractivity contribution is 0.435. The van der Waals surface area contributed by atoms with Gasteiger partial charge in [-0.2, -0.15) is 12.7 Å². The summed E-state index contributed by atoms with van der Waals surface area (Å²) in [5, 5.41) is 0.951. The van der Waals surface area contributed by atoms with Crippen molar-refractivity contribution in [2.45, 2.75) is 6.42 Å². The molecule has 2 heterocycles. The third-order valence-corrected chi connectivity index (χ3v) is 5.29. The van der Waals surface area contributed by atoms with Gasteiger partial charge in [0.25, 0.3) is 10.2 Å². The van der Waals surface area contributed by atoms with Crippen molar-refractivity contribution in [3.63, 3.8) is 0 Å². The Morgan fingerprint density at radius 3 is 2.86 bits per heavy atom. The average molecular weight is 309 g/mol. The molecular formula is C14H16FN3O2S. The molecule has 5 nitrogen and oxygen atoms in total. The molecule has 0 radical (unpaired) electrons. The van der Waals surface area contributed by atoms with Gasteiger partial charge >= 0.3 is 0 Å². The minimum Gasteiger partial charge on any atom is -0.360 e. The van der Waals surface area contributed by atoms with Gasteiger partial charge in [0.2, 0.25) is 0 Å². The molecule has 0 unspecified atom stereocenters. The number of benzene rings is 1. The average Bonchev–Trinajstić information content (AvgIpc) is 2.90. The fourth-order valence-electron chi connectivity index (χ4n) is 2.61. The van der Waals surface area contributed by atoms with Crippen molar-refractivity contribution >= 4 is 26.7 Å². The normalized spacial score (nSPS) is 17.1. The molecule has 0 atom stereocenters. The number of fused-ring (bicyclic) bond motifs is 1. The van der Waals surface area contributed by atoms with E-state index in [4.69, 9.17) is 0 Å². The quantitative estimate of drug-likeness (QED) is 0.909. The fourth-order valence-corrected chi connectivity index (χ4v) is 3.47. The molecule has 0 bridgehead atoms. The molecule has 112 valence electrons. The van der Waals surface area contributed by atoms with Crippen LogP contribution in [0.25, 0.3) is 16.5 Å². The molecule has 1 aliphatic heterocycles. The van der Waals surface area contributed by atoms with Crippen molar-refractivity contribution < 1.29 is 12.8 Å². The summed E-state index contributed by atoms with van der Waals surface area (Å²) in [5.41, 5.74) is 2.83. The Morgan fingerprint density at radius 1 is 1.38 bits per heavy atom. The van der Waals surface area contributed by atoms with Crippen molar-refractivity contribution in [3.05, 3.63) is 41.9 Å². The summed E-state index contributed by atoms with van der Waals surface area (Å²) in [6.07, 6.45) is 4.38. The first-order chi connectivity index (χ1) is 10.0. The Kier molecular flexibility index (Phi) is 3.56. The molecule has 21 heavy (non-hydrogen) atoms. The number of hydrogen-bond donors (Lipinski definition) is 2. The largest absolute Gasteiger partial charge is 0.360 e. The SMILES string of the molecule is CNS(=O)(=O)N1CC=C(c2c[nH]c3cc(F)ccc23)CC1. The predicted octanol–water partition coefficient (Wildman–Crippen LogP) is 1.86. The van der Waals surface area contributed by atoms with E-state index in [0.29, 0.717) is 19.5 Å². The number of aromatic nitrogens is 1. The second kappa shape index (κ2) is 5.25. The lowest BCUT2D eigenvalue weighted by Crippen LogP contribution is -2.41. The summed E-state index contributed by atoms with van der Waals surface area (Å²) < 4.78 is 40.4. The van der Waals surface area contributed by atoms with Gasteiger partial charge in [-0.15, -0.1) is 0 Å². The first kappa shape index (κ1) is 14.2. The molecule has 1 aromatic heterocycles. The molecule has 2 aromatic rings. The number of nitrogens with zero attached hydrogens (tertiary/aromatic N) is 1. The monoisotopic (exact) mass is 309 g/mol. The van der Waals surface area contributed by atoms with Crippen molar-refractivity contribution in [2.75, 3.05) is 20.1 Å². The van der Waals surface area contributed by atoms with E-state index < -0.39 is 10.2 Å². The summed E-state index contributed by atoms with van der Waals surface area (Å²) >= 11 is 0. The van der Waals surface area contributed by atoms with Gasteiger partial charge in [0.15, 0.2) is 0 Å². The second-order valence-electron chi connectivity index (χ2n) is 4.94. The molecule has 7 heteroatoms. The molecule has 2 N–H and O–H groups in total. The summed E-state index contributed by atoms with van der Waals surface area (Å²) in [6, 6.07) is 4.63. The van der Waals surface area contributed by atoms with Gasteiger partial charge in [-0.3, -0.25) is 0 Å². The van der Waals surface area contributed by atoms with Gasteiger partial charge < -0.3 is 4.98 Å². The van der Waals surface area contributed by atoms with E-state index >= 15 is 0 Å². The Hall–Kier alpha value is -1.70. The smallest absolute Gasteiger partial charge is 0.279 e. The third-order valence-electron chi connectivity index (χ3n) is 3.76. The number of nitrogens with one attached hydrogen (secondary N) is 2. The lowest BCUT2D eigenvalue weighted by Gasteiger charge is -2.25. The van der Waals surface area contributed by atoms with E-state index in [2.05, 4.69) is 9.71 Å². The minimum atomic E-state index is -3.38. The lowest BCUT2D eigenvalue weighted by atomic mass is 10.00. The van der Waals surface area contributed by atoms with Crippen LogP contribution >= 0.6 is 0 Å². The van der Waals surface area contributed by atoms with Gasteiger partial charge in [0.05, 0.1) is 0 Å². The van der Waals surface area contributed by atoms with E-state index in [-0.39, 0.29) is 5.82 Å². The summed E-state index contributed by atoms with van der Waals surface area (Å²) in [4.78, 5) is 3.05. The van der Waals surface area contributed by atoms with Crippen LogP contribution in [0.2, 0.25) is 0 Å². The summed E-state index contributed by atoms with van der Waals surface area (Å²) in [5.74, 6) is -0.278. The van der Waals surface area contributed by atoms with E-state index in [9.17, 15) is 12.8 Å². The third kappa shape index (κ3) is 2.59. The van der Waals surface area contributed by atoms with Crippen LogP contribution in [0.5, 0.6) is 0 Å². The molecule has 0 fully saturated rings. The van der Waals surface area contributed by atoms with Gasteiger partial charge in [-0.25, -0.2) is 9.11 Å². The maximum atomic E-state index is 13.2. The van der Waals surface area contributed by atoms with Crippen LogP contribution in [-0.4, -0.2) is 37.8 Å². The van der Waals surface area contributed by atoms with Crippen molar-refractivity contribution in [1.82, 2.24) is 14.0 Å². The zero-order valence-electron chi connectivity index (χ0n) is 11.6. The summed E-state index contributed by atoms with van der Waals surface area (Å²) in [7, 11) is -1.97. The maximum absolute atomic E-state index is 13.2. The molecule has 0 aliphatic carbocycles. The first-order valence-corrected chi connectivity index (χ1v) is 8.10. The van der Waals surface area contributed by atoms with Crippen LogP contribution in [0.1, 0.15) is 12.0 Å². The minimum absolute atomic E-state index is 0.278. The topological polar surface area (TPSA) is 65.2 Å². The molecule has 3 rings (SSSR count). The summed E-state index contributed by atoms with van der Waals surface area (Å²) in [6.45, 7) is 0.773. The van der Waals surface area contributed by atoms with E-state index in [1.807, 2.05) is 12.3 Å². The van der Waals surface area contributed by atoms with Crippen LogP contribution in [-0.2, 0) is 10.2 Å². The number of hydrogen-bond acceptors (Lipinski definition) is 2. The zero-order chi connectivity index (χ0) is 15.0. The highest BCUT2D eigenvalue weighted by molar-refractivity contribution is 7.87. The van der Waals surface area contributed by atoms with Crippen LogP contribution in [0.3, 0.4) is 0 Å². The number of halogens is 1. The molecule has 0 amide bonds. The first-order valence-electron chi connectivity index (χ1n) is 6.66. The van der Waals surface area contributed by atoms with Gasteiger partial charge in [-0.05, 0) is 30.2 Å². The van der Waals surface area contributed by atoms with Gasteiger partial charge in [-0.1, -0.05) is 6.08 Å². The highest BCUT2D eigenvalue weighted by Gasteiger charge is 2.23. The Labute approximate surface area is 122 Å². The van der Waals surface area contributed by atoms with Crippen molar-refractivity contribution in [3.8, 4) is 0 Å². The highest BCUT2D eigenvalue weighted by Crippen LogP contribution is 2.29. The molecule has 0 saturated heterocycles. The molecule has 1 aromatic carbocycles. The fraction of sp³-hybridized carbons (Fsp3) is 0.286. The number of H-pyrrole nitrogens is 1. The van der Waals surface area contributed by atoms with Crippen molar-refractivity contribution in [2.24, 2.45) is 0 Å². The number of rotatable bonds is 3. The Morgan fingerprint density at radius 2 is 2.19 bits per heavy atom.